The average molecular weight is 278 g/mol. The van der Waals surface area contributed by atoms with Gasteiger partial charge in [-0.05, 0) is 31.2 Å². The highest BCUT2D eigenvalue weighted by atomic mass is 16.3. The lowest BCUT2D eigenvalue weighted by Gasteiger charge is -2.07. The molecule has 2 aromatic heterocycles. The van der Waals surface area contributed by atoms with E-state index >= 15 is 0 Å². The monoisotopic (exact) mass is 278 g/mol. The van der Waals surface area contributed by atoms with Crippen LogP contribution in [0.5, 0.6) is 5.75 Å². The van der Waals surface area contributed by atoms with Gasteiger partial charge in [0.2, 0.25) is 0 Å². The van der Waals surface area contributed by atoms with Gasteiger partial charge < -0.3 is 5.11 Å². The molecule has 2 N–H and O–H groups in total. The Morgan fingerprint density at radius 3 is 2.76 bits per heavy atom. The molecular formula is C16H14N4O. The van der Waals surface area contributed by atoms with Crippen LogP contribution >= 0.6 is 0 Å². The van der Waals surface area contributed by atoms with Crippen LogP contribution in [0.15, 0.2) is 60.0 Å². The summed E-state index contributed by atoms with van der Waals surface area (Å²) in [6.07, 6.45) is 3.37. The first-order valence-corrected chi connectivity index (χ1v) is 6.54. The van der Waals surface area contributed by atoms with Gasteiger partial charge in [-0.25, -0.2) is 4.98 Å². The third kappa shape index (κ3) is 2.67. The first-order valence-electron chi connectivity index (χ1n) is 6.54. The fraction of sp³-hybridized carbons (Fsp3) is 0.0625. The molecule has 0 amide bonds. The van der Waals surface area contributed by atoms with E-state index in [2.05, 4.69) is 20.5 Å². The number of phenolic OH excluding ortho intramolecular Hbond substituents is 1. The van der Waals surface area contributed by atoms with Crippen LogP contribution in [0.4, 0.5) is 5.82 Å². The predicted octanol–water partition coefficient (Wildman–Crippen LogP) is 3.17. The maximum absolute atomic E-state index is 9.86. The van der Waals surface area contributed by atoms with Crippen molar-refractivity contribution in [2.24, 2.45) is 5.10 Å². The van der Waals surface area contributed by atoms with E-state index in [1.54, 1.807) is 24.5 Å². The molecule has 0 aliphatic carbocycles. The van der Waals surface area contributed by atoms with Crippen molar-refractivity contribution in [1.82, 2.24) is 9.97 Å². The summed E-state index contributed by atoms with van der Waals surface area (Å²) in [5.41, 5.74) is 5.19. The fourth-order valence-corrected chi connectivity index (χ4v) is 2.11. The van der Waals surface area contributed by atoms with Gasteiger partial charge in [0.25, 0.3) is 0 Å². The minimum absolute atomic E-state index is 0.167. The summed E-state index contributed by atoms with van der Waals surface area (Å²) < 4.78 is 0. The zero-order valence-electron chi connectivity index (χ0n) is 11.5. The van der Waals surface area contributed by atoms with Gasteiger partial charge in [0.05, 0.1) is 5.71 Å². The van der Waals surface area contributed by atoms with Crippen molar-refractivity contribution in [3.63, 3.8) is 0 Å². The largest absolute Gasteiger partial charge is 0.506 e. The molecule has 5 heteroatoms. The number of aromatic hydroxyl groups is 1. The molecule has 0 aliphatic heterocycles. The van der Waals surface area contributed by atoms with Crippen LogP contribution in [0, 0.1) is 0 Å². The zero-order chi connectivity index (χ0) is 14.7. The van der Waals surface area contributed by atoms with Gasteiger partial charge >= 0.3 is 0 Å². The molecule has 0 spiro atoms. The summed E-state index contributed by atoms with van der Waals surface area (Å²) >= 11 is 0. The Bertz CT molecular complexity index is 800. The minimum Gasteiger partial charge on any atom is -0.506 e. The average Bonchev–Trinajstić information content (AvgIpc) is 2.53. The van der Waals surface area contributed by atoms with Gasteiger partial charge in [0.15, 0.2) is 0 Å². The molecule has 0 aliphatic rings. The quantitative estimate of drug-likeness (QED) is 0.570. The standard InChI is InChI=1S/C16H14N4O/c1-11(19-20-15-7-2-3-9-17-15)12-8-10-18-16-13(12)5-4-6-14(16)21/h2-10,21H,1H3,(H,17,20)/b19-11+. The Hall–Kier alpha value is -2.95. The Morgan fingerprint density at radius 1 is 1.05 bits per heavy atom. The Kier molecular flexibility index (Phi) is 3.47. The second-order valence-corrected chi connectivity index (χ2v) is 4.56. The smallest absolute Gasteiger partial charge is 0.146 e. The highest BCUT2D eigenvalue weighted by molar-refractivity contribution is 6.09. The second-order valence-electron chi connectivity index (χ2n) is 4.56. The number of benzene rings is 1. The van der Waals surface area contributed by atoms with Gasteiger partial charge in [-0.15, -0.1) is 0 Å². The summed E-state index contributed by atoms with van der Waals surface area (Å²) in [6.45, 7) is 1.90. The second kappa shape index (κ2) is 5.58. The fourth-order valence-electron chi connectivity index (χ4n) is 2.11. The molecule has 3 aromatic rings. The van der Waals surface area contributed by atoms with Crippen LogP contribution in [-0.4, -0.2) is 20.8 Å². The van der Waals surface area contributed by atoms with Gasteiger partial charge in [0.1, 0.15) is 17.1 Å². The maximum Gasteiger partial charge on any atom is 0.146 e. The highest BCUT2D eigenvalue weighted by Crippen LogP contribution is 2.25. The molecule has 0 saturated carbocycles. The first-order chi connectivity index (χ1) is 10.3. The number of phenols is 1. The van der Waals surface area contributed by atoms with Crippen molar-refractivity contribution in [3.8, 4) is 5.75 Å². The van der Waals surface area contributed by atoms with Crippen LogP contribution in [0.3, 0.4) is 0 Å². The van der Waals surface area contributed by atoms with Gasteiger partial charge in [0, 0.05) is 23.3 Å². The zero-order valence-corrected chi connectivity index (χ0v) is 11.5. The van der Waals surface area contributed by atoms with E-state index in [0.29, 0.717) is 11.3 Å². The predicted molar refractivity (Wildman–Crippen MR) is 83.5 cm³/mol. The molecule has 0 fully saturated rings. The number of hydrogen-bond donors (Lipinski definition) is 2. The van der Waals surface area contributed by atoms with Gasteiger partial charge in [-0.3, -0.25) is 10.4 Å². The topological polar surface area (TPSA) is 70.4 Å². The molecule has 0 saturated heterocycles. The molecule has 104 valence electrons. The minimum atomic E-state index is 0.167. The van der Waals surface area contributed by atoms with Crippen molar-refractivity contribution < 1.29 is 5.11 Å². The van der Waals surface area contributed by atoms with Crippen molar-refractivity contribution in [2.75, 3.05) is 5.43 Å². The van der Waals surface area contributed by atoms with Crippen LogP contribution in [0.25, 0.3) is 10.9 Å². The van der Waals surface area contributed by atoms with Crippen molar-refractivity contribution >= 4 is 22.4 Å². The summed E-state index contributed by atoms with van der Waals surface area (Å²) in [5, 5.41) is 15.1. The van der Waals surface area contributed by atoms with E-state index in [9.17, 15) is 5.11 Å². The molecular weight excluding hydrogens is 264 g/mol. The van der Waals surface area contributed by atoms with E-state index in [1.807, 2.05) is 37.3 Å². The summed E-state index contributed by atoms with van der Waals surface area (Å²) in [5.74, 6) is 0.845. The Balaban J connectivity index is 1.98. The van der Waals surface area contributed by atoms with E-state index in [-0.39, 0.29) is 5.75 Å². The lowest BCUT2D eigenvalue weighted by Crippen LogP contribution is -2.02. The number of anilines is 1. The van der Waals surface area contributed by atoms with E-state index < -0.39 is 0 Å². The number of hydrogen-bond acceptors (Lipinski definition) is 5. The maximum atomic E-state index is 9.86. The molecule has 0 bridgehead atoms. The van der Waals surface area contributed by atoms with Crippen LogP contribution < -0.4 is 5.43 Å². The van der Waals surface area contributed by atoms with Crippen molar-refractivity contribution in [1.29, 1.82) is 0 Å². The molecule has 5 nitrogen and oxygen atoms in total. The molecule has 0 radical (unpaired) electrons. The van der Waals surface area contributed by atoms with E-state index in [4.69, 9.17) is 0 Å². The van der Waals surface area contributed by atoms with Crippen molar-refractivity contribution in [3.05, 3.63) is 60.4 Å². The van der Waals surface area contributed by atoms with Gasteiger partial charge in [-0.1, -0.05) is 18.2 Å². The van der Waals surface area contributed by atoms with Crippen LogP contribution in [-0.2, 0) is 0 Å². The number of nitrogens with one attached hydrogen (secondary N) is 1. The summed E-state index contributed by atoms with van der Waals surface area (Å²) in [4.78, 5) is 8.35. The summed E-state index contributed by atoms with van der Waals surface area (Å²) in [7, 11) is 0. The molecule has 1 aromatic carbocycles. The molecule has 21 heavy (non-hydrogen) atoms. The molecule has 2 heterocycles. The van der Waals surface area contributed by atoms with Crippen LogP contribution in [0.2, 0.25) is 0 Å². The van der Waals surface area contributed by atoms with E-state index in [0.717, 1.165) is 16.7 Å². The lowest BCUT2D eigenvalue weighted by atomic mass is 10.1. The van der Waals surface area contributed by atoms with Crippen molar-refractivity contribution in [2.45, 2.75) is 6.92 Å². The number of nitrogens with zero attached hydrogens (tertiary/aromatic N) is 3. The number of fused-ring (bicyclic) bond motifs is 1. The number of hydrazone groups is 1. The van der Waals surface area contributed by atoms with Gasteiger partial charge in [-0.2, -0.15) is 5.10 Å². The Labute approximate surface area is 122 Å². The number of para-hydroxylation sites is 1. The molecule has 3 rings (SSSR count). The number of rotatable bonds is 3. The number of pyridine rings is 2. The molecule has 0 atom stereocenters. The molecule has 0 unspecified atom stereocenters. The number of aromatic nitrogens is 2. The highest BCUT2D eigenvalue weighted by Gasteiger charge is 2.07. The Morgan fingerprint density at radius 2 is 1.95 bits per heavy atom. The SMILES string of the molecule is C/C(=N\Nc1ccccn1)c1ccnc2c(O)cccc12. The third-order valence-corrected chi connectivity index (χ3v) is 3.14. The van der Waals surface area contributed by atoms with E-state index in [1.165, 1.54) is 0 Å². The first kappa shape index (κ1) is 13.1. The van der Waals surface area contributed by atoms with Crippen LogP contribution in [0.1, 0.15) is 12.5 Å². The lowest BCUT2D eigenvalue weighted by molar-refractivity contribution is 0.480. The third-order valence-electron chi connectivity index (χ3n) is 3.14. The normalized spacial score (nSPS) is 11.6. The summed E-state index contributed by atoms with van der Waals surface area (Å²) in [6, 6.07) is 12.8.